The molecular weight excluding hydrogens is 430 g/mol. The number of halogens is 2. The van der Waals surface area contributed by atoms with Crippen LogP contribution >= 0.6 is 27.5 Å². The molecule has 0 heterocycles. The maximum Gasteiger partial charge on any atom is 0.311 e. The number of amides is 1. The van der Waals surface area contributed by atoms with E-state index in [1.807, 2.05) is 0 Å². The van der Waals surface area contributed by atoms with Crippen LogP contribution in [0.25, 0.3) is 0 Å². The van der Waals surface area contributed by atoms with Crippen molar-refractivity contribution >= 4 is 45.3 Å². The lowest BCUT2D eigenvalue weighted by Crippen LogP contribution is -2.24. The number of hydrogen-bond donors (Lipinski definition) is 2. The second-order valence-corrected chi connectivity index (χ2v) is 6.46. The lowest BCUT2D eigenvalue weighted by atomic mass is 10.2. The maximum atomic E-state index is 11.8. The summed E-state index contributed by atoms with van der Waals surface area (Å²) in [6.45, 7) is 1.24. The minimum atomic E-state index is -0.628. The van der Waals surface area contributed by atoms with E-state index in [0.717, 1.165) is 0 Å². The minimum Gasteiger partial charge on any atom is -0.506 e. The van der Waals surface area contributed by atoms with E-state index in [1.54, 1.807) is 19.1 Å². The Labute approximate surface area is 161 Å². The summed E-state index contributed by atoms with van der Waals surface area (Å²) in [7, 11) is 0. The lowest BCUT2D eigenvalue weighted by molar-refractivity contribution is -0.385. The first-order valence-corrected chi connectivity index (χ1v) is 8.32. The van der Waals surface area contributed by atoms with E-state index in [1.165, 1.54) is 24.4 Å². The Bertz CT molecular complexity index is 888. The van der Waals surface area contributed by atoms with Crippen molar-refractivity contribution in [1.82, 2.24) is 5.43 Å². The molecule has 10 heteroatoms. The van der Waals surface area contributed by atoms with Gasteiger partial charge < -0.3 is 9.84 Å². The Morgan fingerprint density at radius 3 is 2.88 bits per heavy atom. The summed E-state index contributed by atoms with van der Waals surface area (Å²) in [6.07, 6.45) is 1.21. The molecule has 1 amide bonds. The number of rotatable bonds is 6. The zero-order valence-corrected chi connectivity index (χ0v) is 15.7. The average molecular weight is 443 g/mol. The number of carbonyl (C=O) groups excluding carboxylic acids is 1. The van der Waals surface area contributed by atoms with Gasteiger partial charge in [-0.2, -0.15) is 5.10 Å². The van der Waals surface area contributed by atoms with Crippen molar-refractivity contribution in [3.05, 3.63) is 61.1 Å². The van der Waals surface area contributed by atoms with Gasteiger partial charge in [0.1, 0.15) is 5.75 Å². The normalized spacial score (nSPS) is 10.7. The van der Waals surface area contributed by atoms with Crippen LogP contribution in [-0.4, -0.2) is 28.8 Å². The van der Waals surface area contributed by atoms with Gasteiger partial charge in [-0.05, 0) is 30.7 Å². The van der Waals surface area contributed by atoms with Gasteiger partial charge in [0.25, 0.3) is 5.91 Å². The number of carbonyl (C=O) groups is 1. The summed E-state index contributed by atoms with van der Waals surface area (Å²) >= 11 is 9.05. The van der Waals surface area contributed by atoms with Crippen LogP contribution in [0.15, 0.2) is 39.9 Å². The summed E-state index contributed by atoms with van der Waals surface area (Å²) < 4.78 is 5.80. The minimum absolute atomic E-state index is 0.0175. The smallest absolute Gasteiger partial charge is 0.311 e. The molecule has 8 nitrogen and oxygen atoms in total. The lowest BCUT2D eigenvalue weighted by Gasteiger charge is -2.06. The number of hydrogen-bond acceptors (Lipinski definition) is 6. The van der Waals surface area contributed by atoms with Gasteiger partial charge >= 0.3 is 5.69 Å². The molecule has 136 valence electrons. The fourth-order valence-corrected chi connectivity index (χ4v) is 2.76. The number of benzene rings is 2. The van der Waals surface area contributed by atoms with Crippen LogP contribution in [0.4, 0.5) is 5.69 Å². The summed E-state index contributed by atoms with van der Waals surface area (Å²) in [5.41, 5.74) is 2.96. The zero-order valence-electron chi connectivity index (χ0n) is 13.4. The van der Waals surface area contributed by atoms with E-state index in [0.29, 0.717) is 15.6 Å². The van der Waals surface area contributed by atoms with Crippen molar-refractivity contribution in [3.63, 3.8) is 0 Å². The molecule has 0 aromatic heterocycles. The quantitative estimate of drug-likeness (QED) is 0.403. The molecule has 2 N–H and O–H groups in total. The number of nitrogens with one attached hydrogen (secondary N) is 1. The molecule has 2 rings (SSSR count). The molecule has 0 aliphatic carbocycles. The SMILES string of the molecule is Cc1ccc(OCC(=O)N/N=C\c2cc(Br)cc(Cl)c2O)c([N+](=O)[O-])c1. The molecular formula is C16H13BrClN3O5. The molecule has 0 fully saturated rings. The monoisotopic (exact) mass is 441 g/mol. The predicted molar refractivity (Wildman–Crippen MR) is 99.9 cm³/mol. The number of nitro groups is 1. The van der Waals surface area contributed by atoms with Gasteiger partial charge in [-0.1, -0.05) is 33.6 Å². The first-order valence-electron chi connectivity index (χ1n) is 7.15. The second-order valence-electron chi connectivity index (χ2n) is 5.14. The number of aromatic hydroxyl groups is 1. The van der Waals surface area contributed by atoms with Gasteiger partial charge in [-0.25, -0.2) is 5.43 Å². The predicted octanol–water partition coefficient (Wildman–Crippen LogP) is 3.55. The molecule has 0 atom stereocenters. The van der Waals surface area contributed by atoms with Crippen LogP contribution in [0.2, 0.25) is 5.02 Å². The first-order chi connectivity index (χ1) is 12.3. The average Bonchev–Trinajstić information content (AvgIpc) is 2.57. The van der Waals surface area contributed by atoms with Crippen molar-refractivity contribution < 1.29 is 19.6 Å². The summed E-state index contributed by atoms with van der Waals surface area (Å²) in [5.74, 6) is -0.827. The molecule has 2 aromatic carbocycles. The highest BCUT2D eigenvalue weighted by Crippen LogP contribution is 2.30. The standard InChI is InChI=1S/C16H13BrClN3O5/c1-9-2-3-14(13(4-9)21(24)25)26-8-15(22)20-19-7-10-5-11(17)6-12(18)16(10)23/h2-7,23H,8H2,1H3,(H,20,22)/b19-7-. The number of phenolic OH excluding ortho intramolecular Hbond substituents is 1. The van der Waals surface area contributed by atoms with Gasteiger partial charge in [0.05, 0.1) is 16.2 Å². The van der Waals surface area contributed by atoms with Gasteiger partial charge in [0.15, 0.2) is 12.4 Å². The Balaban J connectivity index is 1.97. The van der Waals surface area contributed by atoms with E-state index >= 15 is 0 Å². The number of aryl methyl sites for hydroxylation is 1. The van der Waals surface area contributed by atoms with Crippen LogP contribution < -0.4 is 10.2 Å². The molecule has 0 aliphatic rings. The van der Waals surface area contributed by atoms with Crippen LogP contribution in [-0.2, 0) is 4.79 Å². The second kappa shape index (κ2) is 8.63. The fraction of sp³-hybridized carbons (Fsp3) is 0.125. The van der Waals surface area contributed by atoms with Crippen LogP contribution in [0.3, 0.4) is 0 Å². The van der Waals surface area contributed by atoms with Crippen molar-refractivity contribution in [2.45, 2.75) is 6.92 Å². The largest absolute Gasteiger partial charge is 0.506 e. The third-order valence-electron chi connectivity index (χ3n) is 3.12. The Morgan fingerprint density at radius 2 is 2.19 bits per heavy atom. The zero-order chi connectivity index (χ0) is 19.3. The van der Waals surface area contributed by atoms with Gasteiger partial charge in [-0.15, -0.1) is 0 Å². The highest BCUT2D eigenvalue weighted by molar-refractivity contribution is 9.10. The molecule has 0 saturated heterocycles. The van der Waals surface area contributed by atoms with Crippen molar-refractivity contribution in [2.24, 2.45) is 5.10 Å². The molecule has 2 aromatic rings. The third kappa shape index (κ3) is 5.17. The Kier molecular flexibility index (Phi) is 6.53. The van der Waals surface area contributed by atoms with Crippen LogP contribution in [0.1, 0.15) is 11.1 Å². The Hall–Kier alpha value is -2.65. The van der Waals surface area contributed by atoms with Crippen molar-refractivity contribution in [3.8, 4) is 11.5 Å². The summed E-state index contributed by atoms with van der Waals surface area (Å²) in [6, 6.07) is 7.48. The number of nitro benzene ring substituents is 1. The topological polar surface area (TPSA) is 114 Å². The van der Waals surface area contributed by atoms with E-state index in [9.17, 15) is 20.0 Å². The molecule has 26 heavy (non-hydrogen) atoms. The molecule has 0 unspecified atom stereocenters. The van der Waals surface area contributed by atoms with Gasteiger partial charge in [-0.3, -0.25) is 14.9 Å². The van der Waals surface area contributed by atoms with Crippen molar-refractivity contribution in [1.29, 1.82) is 0 Å². The van der Waals surface area contributed by atoms with Gasteiger partial charge in [0, 0.05) is 16.1 Å². The van der Waals surface area contributed by atoms with Gasteiger partial charge in [0.2, 0.25) is 0 Å². The number of ether oxygens (including phenoxy) is 1. The number of phenols is 1. The Morgan fingerprint density at radius 1 is 1.46 bits per heavy atom. The fourth-order valence-electron chi connectivity index (χ4n) is 1.93. The highest BCUT2D eigenvalue weighted by Gasteiger charge is 2.16. The summed E-state index contributed by atoms with van der Waals surface area (Å²) in [5, 5.41) is 24.6. The number of hydrazone groups is 1. The molecule has 0 radical (unpaired) electrons. The molecule has 0 saturated carbocycles. The van der Waals surface area contributed by atoms with E-state index < -0.39 is 17.4 Å². The summed E-state index contributed by atoms with van der Waals surface area (Å²) in [4.78, 5) is 22.2. The molecule has 0 spiro atoms. The number of nitrogens with zero attached hydrogens (tertiary/aromatic N) is 2. The third-order valence-corrected chi connectivity index (χ3v) is 3.87. The first kappa shape index (κ1) is 19.7. The molecule has 0 aliphatic heterocycles. The molecule has 0 bridgehead atoms. The van der Waals surface area contributed by atoms with Crippen molar-refractivity contribution in [2.75, 3.05) is 6.61 Å². The maximum absolute atomic E-state index is 11.8. The van der Waals surface area contributed by atoms with Crippen LogP contribution in [0, 0.1) is 17.0 Å². The highest BCUT2D eigenvalue weighted by atomic mass is 79.9. The van der Waals surface area contributed by atoms with E-state index in [4.69, 9.17) is 16.3 Å². The van der Waals surface area contributed by atoms with Crippen LogP contribution in [0.5, 0.6) is 11.5 Å². The van der Waals surface area contributed by atoms with E-state index in [-0.39, 0.29) is 22.2 Å². The van der Waals surface area contributed by atoms with E-state index in [2.05, 4.69) is 26.5 Å².